The van der Waals surface area contributed by atoms with Gasteiger partial charge in [-0.05, 0) is 43.4 Å². The second kappa shape index (κ2) is 10.2. The molecular weight excluding hydrogens is 390 g/mol. The highest BCUT2D eigenvalue weighted by Crippen LogP contribution is 2.26. The molecule has 1 aliphatic carbocycles. The highest BCUT2D eigenvalue weighted by molar-refractivity contribution is 5.38. The Morgan fingerprint density at radius 3 is 1.75 bits per heavy atom. The standard InChI is InChI=1S/C18H24F6N2O2/c19-17(20,21)5-1-7-27-15-9-13(12-25-26-14-3-4-14)10-16(11-15)28-8-2-6-18(22,23)24/h9-11,14,25-26H,1-8,12H2. The molecule has 0 unspecified atom stereocenters. The van der Waals surface area contributed by atoms with E-state index in [1.54, 1.807) is 12.1 Å². The van der Waals surface area contributed by atoms with Gasteiger partial charge in [0.1, 0.15) is 11.5 Å². The summed E-state index contributed by atoms with van der Waals surface area (Å²) in [5.41, 5.74) is 6.88. The molecule has 0 aromatic heterocycles. The lowest BCUT2D eigenvalue weighted by atomic mass is 10.2. The third-order valence-corrected chi connectivity index (χ3v) is 3.86. The minimum atomic E-state index is -4.24. The average Bonchev–Trinajstić information content (AvgIpc) is 3.38. The molecule has 1 aromatic rings. The monoisotopic (exact) mass is 414 g/mol. The molecule has 0 radical (unpaired) electrons. The number of nitrogens with one attached hydrogen (secondary N) is 2. The predicted octanol–water partition coefficient (Wildman–Crippen LogP) is 4.89. The molecule has 0 heterocycles. The highest BCUT2D eigenvalue weighted by atomic mass is 19.4. The van der Waals surface area contributed by atoms with Crippen molar-refractivity contribution >= 4 is 0 Å². The summed E-state index contributed by atoms with van der Waals surface area (Å²) in [5, 5.41) is 0. The molecule has 10 heteroatoms. The van der Waals surface area contributed by atoms with Crippen LogP contribution in [0.25, 0.3) is 0 Å². The van der Waals surface area contributed by atoms with Crippen molar-refractivity contribution in [3.05, 3.63) is 23.8 Å². The Hall–Kier alpha value is -1.68. The fraction of sp³-hybridized carbons (Fsp3) is 0.667. The molecule has 1 saturated carbocycles. The van der Waals surface area contributed by atoms with Gasteiger partial charge in [-0.1, -0.05) is 0 Å². The topological polar surface area (TPSA) is 42.5 Å². The maximum Gasteiger partial charge on any atom is 0.389 e. The number of benzene rings is 1. The Balaban J connectivity index is 1.88. The van der Waals surface area contributed by atoms with Gasteiger partial charge in [-0.15, -0.1) is 0 Å². The van der Waals surface area contributed by atoms with E-state index < -0.39 is 25.2 Å². The van der Waals surface area contributed by atoms with E-state index in [0.717, 1.165) is 18.4 Å². The third kappa shape index (κ3) is 10.6. The van der Waals surface area contributed by atoms with E-state index >= 15 is 0 Å². The summed E-state index contributed by atoms with van der Waals surface area (Å²) < 4.78 is 84.0. The molecule has 1 aromatic carbocycles. The number of alkyl halides is 6. The zero-order valence-electron chi connectivity index (χ0n) is 15.3. The lowest BCUT2D eigenvalue weighted by Gasteiger charge is -2.14. The minimum absolute atomic E-state index is 0.121. The molecule has 4 nitrogen and oxygen atoms in total. The molecule has 28 heavy (non-hydrogen) atoms. The van der Waals surface area contributed by atoms with Crippen molar-refractivity contribution < 1.29 is 35.8 Å². The second-order valence-corrected chi connectivity index (χ2v) is 6.72. The van der Waals surface area contributed by atoms with Crippen LogP contribution >= 0.6 is 0 Å². The van der Waals surface area contributed by atoms with Crippen molar-refractivity contribution in [2.75, 3.05) is 13.2 Å². The number of hydrazine groups is 1. The fourth-order valence-electron chi connectivity index (χ4n) is 2.35. The quantitative estimate of drug-likeness (QED) is 0.291. The van der Waals surface area contributed by atoms with E-state index in [4.69, 9.17) is 9.47 Å². The molecule has 1 fully saturated rings. The number of halogens is 6. The summed E-state index contributed by atoms with van der Waals surface area (Å²) >= 11 is 0. The fourth-order valence-corrected chi connectivity index (χ4v) is 2.35. The SMILES string of the molecule is FC(F)(F)CCCOc1cc(CNNC2CC2)cc(OCCCC(F)(F)F)c1. The van der Waals surface area contributed by atoms with Crippen molar-refractivity contribution in [3.8, 4) is 11.5 Å². The largest absolute Gasteiger partial charge is 0.493 e. The molecule has 2 N–H and O–H groups in total. The maximum atomic E-state index is 12.2. The van der Waals surface area contributed by atoms with Crippen LogP contribution in [-0.2, 0) is 6.54 Å². The van der Waals surface area contributed by atoms with Crippen LogP contribution in [0.3, 0.4) is 0 Å². The Labute approximate surface area is 159 Å². The van der Waals surface area contributed by atoms with Gasteiger partial charge >= 0.3 is 12.4 Å². The van der Waals surface area contributed by atoms with Gasteiger partial charge in [0.05, 0.1) is 13.2 Å². The van der Waals surface area contributed by atoms with Gasteiger partial charge in [0.15, 0.2) is 0 Å². The van der Waals surface area contributed by atoms with E-state index in [1.165, 1.54) is 6.07 Å². The number of hydrogen-bond donors (Lipinski definition) is 2. The molecular formula is C18H24F6N2O2. The van der Waals surface area contributed by atoms with Gasteiger partial charge in [0, 0.05) is 31.5 Å². The van der Waals surface area contributed by atoms with E-state index in [-0.39, 0.29) is 26.1 Å². The van der Waals surface area contributed by atoms with Gasteiger partial charge in [-0.3, -0.25) is 10.9 Å². The van der Waals surface area contributed by atoms with Gasteiger partial charge < -0.3 is 9.47 Å². The Kier molecular flexibility index (Phi) is 8.23. The first kappa shape index (κ1) is 22.6. The molecule has 2 rings (SSSR count). The minimum Gasteiger partial charge on any atom is -0.493 e. The second-order valence-electron chi connectivity index (χ2n) is 6.72. The lowest BCUT2D eigenvalue weighted by Crippen LogP contribution is -2.32. The van der Waals surface area contributed by atoms with E-state index in [2.05, 4.69) is 10.9 Å². The number of hydrogen-bond acceptors (Lipinski definition) is 4. The van der Waals surface area contributed by atoms with Crippen molar-refractivity contribution in [1.82, 2.24) is 10.9 Å². The van der Waals surface area contributed by atoms with Gasteiger partial charge in [0.25, 0.3) is 0 Å². The number of rotatable bonds is 12. The van der Waals surface area contributed by atoms with Crippen LogP contribution in [0.15, 0.2) is 18.2 Å². The van der Waals surface area contributed by atoms with Gasteiger partial charge in [0.2, 0.25) is 0 Å². The molecule has 0 spiro atoms. The van der Waals surface area contributed by atoms with E-state index in [9.17, 15) is 26.3 Å². The van der Waals surface area contributed by atoms with Crippen LogP contribution in [0.5, 0.6) is 11.5 Å². The van der Waals surface area contributed by atoms with E-state index in [0.29, 0.717) is 24.1 Å². The summed E-state index contributed by atoms with van der Waals surface area (Å²) in [7, 11) is 0. The lowest BCUT2D eigenvalue weighted by molar-refractivity contribution is -0.137. The normalized spacial score (nSPS) is 14.9. The van der Waals surface area contributed by atoms with Crippen LogP contribution in [-0.4, -0.2) is 31.6 Å². The molecule has 160 valence electrons. The van der Waals surface area contributed by atoms with Gasteiger partial charge in [-0.25, -0.2) is 0 Å². The van der Waals surface area contributed by atoms with Crippen molar-refractivity contribution in [3.63, 3.8) is 0 Å². The molecule has 0 bridgehead atoms. The first-order valence-electron chi connectivity index (χ1n) is 9.12. The smallest absolute Gasteiger partial charge is 0.389 e. The summed E-state index contributed by atoms with van der Waals surface area (Å²) in [6.07, 6.45) is -8.56. The van der Waals surface area contributed by atoms with Crippen molar-refractivity contribution in [1.29, 1.82) is 0 Å². The van der Waals surface area contributed by atoms with Crippen molar-refractivity contribution in [2.45, 2.75) is 63.5 Å². The maximum absolute atomic E-state index is 12.2. The van der Waals surface area contributed by atoms with Crippen LogP contribution in [0, 0.1) is 0 Å². The molecule has 0 amide bonds. The Morgan fingerprint density at radius 2 is 1.32 bits per heavy atom. The molecule has 1 aliphatic rings. The third-order valence-electron chi connectivity index (χ3n) is 3.86. The predicted molar refractivity (Wildman–Crippen MR) is 91.0 cm³/mol. The first-order chi connectivity index (χ1) is 13.1. The highest BCUT2D eigenvalue weighted by Gasteiger charge is 2.27. The van der Waals surface area contributed by atoms with Gasteiger partial charge in [-0.2, -0.15) is 26.3 Å². The van der Waals surface area contributed by atoms with Crippen LogP contribution in [0.4, 0.5) is 26.3 Å². The molecule has 0 aliphatic heterocycles. The zero-order valence-corrected chi connectivity index (χ0v) is 15.3. The van der Waals surface area contributed by atoms with Crippen molar-refractivity contribution in [2.24, 2.45) is 0 Å². The zero-order chi connectivity index (χ0) is 20.6. The summed E-state index contributed by atoms with van der Waals surface area (Å²) in [6, 6.07) is 5.23. The average molecular weight is 414 g/mol. The van der Waals surface area contributed by atoms with Crippen LogP contribution in [0.2, 0.25) is 0 Å². The summed E-state index contributed by atoms with van der Waals surface area (Å²) in [6.45, 7) is 0.170. The Bertz CT molecular complexity index is 562. The first-order valence-corrected chi connectivity index (χ1v) is 9.12. The Morgan fingerprint density at radius 1 is 0.821 bits per heavy atom. The number of ether oxygens (including phenoxy) is 2. The summed E-state index contributed by atoms with van der Waals surface area (Å²) in [4.78, 5) is 0. The van der Waals surface area contributed by atoms with E-state index in [1.807, 2.05) is 0 Å². The summed E-state index contributed by atoms with van der Waals surface area (Å²) in [5.74, 6) is 0.637. The van der Waals surface area contributed by atoms with Crippen LogP contribution < -0.4 is 20.3 Å². The molecule has 0 saturated heterocycles. The van der Waals surface area contributed by atoms with Crippen LogP contribution in [0.1, 0.15) is 44.1 Å². The molecule has 0 atom stereocenters.